The summed E-state index contributed by atoms with van der Waals surface area (Å²) in [5, 5.41) is 14.0. The third-order valence-electron chi connectivity index (χ3n) is 8.92. The molecule has 0 radical (unpaired) electrons. The van der Waals surface area contributed by atoms with Crippen LogP contribution in [0.15, 0.2) is 23.2 Å². The van der Waals surface area contributed by atoms with Gasteiger partial charge in [0, 0.05) is 43.2 Å². The second kappa shape index (κ2) is 11.4. The molecule has 2 aliphatic carbocycles. The third-order valence-corrected chi connectivity index (χ3v) is 10.5. The fourth-order valence-corrected chi connectivity index (χ4v) is 8.78. The molecule has 222 valence electrons. The fourth-order valence-electron chi connectivity index (χ4n) is 7.05. The predicted octanol–water partition coefficient (Wildman–Crippen LogP) is 4.77. The van der Waals surface area contributed by atoms with Gasteiger partial charge in [-0.05, 0) is 89.2 Å². The Labute approximate surface area is 237 Å². The fraction of sp³-hybridized carbons (Fsp3) is 0.714. The SMILES string of the molecule is C[C@H]1N=C(CN(C)C)SC1[C@]12CC[C@@H](N(CCCN3CCC(O)C3)C(=O)Nc3ccc(F)c(C(F)(F)F)c3)[C@H]1C2. The monoisotopic (exact) mass is 585 g/mol. The van der Waals surface area contributed by atoms with Crippen molar-refractivity contribution in [1.82, 2.24) is 14.7 Å². The van der Waals surface area contributed by atoms with Gasteiger partial charge in [0.05, 0.1) is 22.8 Å². The van der Waals surface area contributed by atoms with E-state index in [1.54, 1.807) is 4.90 Å². The van der Waals surface area contributed by atoms with E-state index in [1.807, 2.05) is 25.9 Å². The summed E-state index contributed by atoms with van der Waals surface area (Å²) in [6, 6.07) is 2.30. The molecule has 2 amide bonds. The van der Waals surface area contributed by atoms with Gasteiger partial charge < -0.3 is 25.1 Å². The van der Waals surface area contributed by atoms with Crippen LogP contribution in [0.4, 0.5) is 28.0 Å². The molecule has 7 nitrogen and oxygen atoms in total. The average molecular weight is 586 g/mol. The zero-order valence-corrected chi connectivity index (χ0v) is 24.1. The minimum atomic E-state index is -4.85. The number of β-amino-alcohol motifs (C(OH)–C–C–N with tert-alkyl or cyclic N) is 1. The summed E-state index contributed by atoms with van der Waals surface area (Å²) in [4.78, 5) is 24.6. The van der Waals surface area contributed by atoms with E-state index >= 15 is 0 Å². The summed E-state index contributed by atoms with van der Waals surface area (Å²) < 4.78 is 53.7. The number of nitrogens with one attached hydrogen (secondary N) is 1. The van der Waals surface area contributed by atoms with Crippen LogP contribution in [0.1, 0.15) is 44.6 Å². The van der Waals surface area contributed by atoms with Crippen molar-refractivity contribution in [2.45, 2.75) is 68.6 Å². The van der Waals surface area contributed by atoms with E-state index in [4.69, 9.17) is 4.99 Å². The number of urea groups is 1. The second-order valence-electron chi connectivity index (χ2n) is 12.1. The van der Waals surface area contributed by atoms with Crippen LogP contribution in [0, 0.1) is 17.2 Å². The highest BCUT2D eigenvalue weighted by atomic mass is 32.2. The number of halogens is 4. The van der Waals surface area contributed by atoms with E-state index in [0.717, 1.165) is 56.4 Å². The lowest BCUT2D eigenvalue weighted by Crippen LogP contribution is -2.44. The summed E-state index contributed by atoms with van der Waals surface area (Å²) in [5.41, 5.74) is -1.36. The lowest BCUT2D eigenvalue weighted by molar-refractivity contribution is -0.139. The standard InChI is InChI=1S/C28H39F4N5O2S/c1-17-25(40-24(33-17)16-35(2)3)27-9-7-23(21(27)14-27)37(11-4-10-36-12-8-19(38)15-36)26(39)34-18-5-6-22(29)20(13-18)28(30,31)32/h5-6,13,17,19,21,23,25,38H,4,7-12,14-16H2,1-3H3,(H,34,39)/t17-,19?,21-,23-,25?,27+/m1/s1. The number of aliphatic hydroxyl groups excluding tert-OH is 1. The van der Waals surface area contributed by atoms with Gasteiger partial charge in [-0.1, -0.05) is 0 Å². The number of benzene rings is 1. The number of hydrogen-bond acceptors (Lipinski definition) is 6. The molecule has 2 saturated carbocycles. The maximum atomic E-state index is 13.8. The number of likely N-dealkylation sites (tertiary alicyclic amines) is 1. The van der Waals surface area contributed by atoms with Gasteiger partial charge >= 0.3 is 12.2 Å². The number of carbonyl (C=O) groups is 1. The molecular weight excluding hydrogens is 546 g/mol. The number of thioether (sulfide) groups is 1. The lowest BCUT2D eigenvalue weighted by atomic mass is 9.94. The molecule has 0 bridgehead atoms. The van der Waals surface area contributed by atoms with Crippen LogP contribution < -0.4 is 5.32 Å². The van der Waals surface area contributed by atoms with Crippen LogP contribution in [0.2, 0.25) is 0 Å². The van der Waals surface area contributed by atoms with Gasteiger partial charge in [-0.2, -0.15) is 13.2 Å². The maximum Gasteiger partial charge on any atom is 0.419 e. The average Bonchev–Trinajstić information content (AvgIpc) is 3.10. The van der Waals surface area contributed by atoms with Crippen LogP contribution in [0.5, 0.6) is 0 Å². The van der Waals surface area contributed by atoms with Crippen LogP contribution in [-0.4, -0.2) is 101 Å². The molecule has 6 atom stereocenters. The zero-order chi connectivity index (χ0) is 28.8. The Kier molecular flexibility index (Phi) is 8.45. The summed E-state index contributed by atoms with van der Waals surface area (Å²) in [5.74, 6) is -1.05. The quantitative estimate of drug-likeness (QED) is 0.409. The minimum absolute atomic E-state index is 0.0163. The molecule has 0 spiro atoms. The highest BCUT2D eigenvalue weighted by molar-refractivity contribution is 8.14. The van der Waals surface area contributed by atoms with Crippen molar-refractivity contribution in [2.75, 3.05) is 52.1 Å². The van der Waals surface area contributed by atoms with Gasteiger partial charge in [-0.25, -0.2) is 9.18 Å². The molecule has 4 aliphatic rings. The largest absolute Gasteiger partial charge is 0.419 e. The molecule has 1 saturated heterocycles. The second-order valence-corrected chi connectivity index (χ2v) is 13.3. The van der Waals surface area contributed by atoms with Crippen molar-refractivity contribution in [3.8, 4) is 0 Å². The molecule has 2 N–H and O–H groups in total. The van der Waals surface area contributed by atoms with Crippen molar-refractivity contribution < 1.29 is 27.5 Å². The predicted molar refractivity (Wildman–Crippen MR) is 149 cm³/mol. The minimum Gasteiger partial charge on any atom is -0.392 e. The van der Waals surface area contributed by atoms with Crippen LogP contribution in [-0.2, 0) is 6.18 Å². The first kappa shape index (κ1) is 29.6. The Morgan fingerprint density at radius 2 is 2.08 bits per heavy atom. The van der Waals surface area contributed by atoms with E-state index in [-0.39, 0.29) is 29.3 Å². The molecule has 3 fully saturated rings. The summed E-state index contributed by atoms with van der Waals surface area (Å²) in [7, 11) is 4.06. The number of amides is 2. The molecule has 40 heavy (non-hydrogen) atoms. The number of nitrogens with zero attached hydrogens (tertiary/aromatic N) is 4. The van der Waals surface area contributed by atoms with Crippen LogP contribution in [0.3, 0.4) is 0 Å². The number of fused-ring (bicyclic) bond motifs is 1. The van der Waals surface area contributed by atoms with E-state index in [0.29, 0.717) is 36.7 Å². The summed E-state index contributed by atoms with van der Waals surface area (Å²) in [6.45, 7) is 5.59. The van der Waals surface area contributed by atoms with Crippen molar-refractivity contribution in [3.05, 3.63) is 29.6 Å². The Bertz CT molecular complexity index is 1130. The van der Waals surface area contributed by atoms with Gasteiger partial charge in [-0.3, -0.25) is 4.99 Å². The lowest BCUT2D eigenvalue weighted by Gasteiger charge is -2.31. The maximum absolute atomic E-state index is 13.8. The number of alkyl halides is 3. The van der Waals surface area contributed by atoms with Gasteiger partial charge in [0.25, 0.3) is 0 Å². The normalized spacial score (nSPS) is 31.9. The highest BCUT2D eigenvalue weighted by Gasteiger charge is 2.68. The van der Waals surface area contributed by atoms with E-state index in [9.17, 15) is 27.5 Å². The molecule has 2 heterocycles. The molecule has 12 heteroatoms. The van der Waals surface area contributed by atoms with E-state index in [1.165, 1.54) is 6.07 Å². The topological polar surface area (TPSA) is 71.4 Å². The summed E-state index contributed by atoms with van der Waals surface area (Å²) in [6.07, 6.45) is -0.907. The molecule has 0 aromatic heterocycles. The molecule has 1 aromatic carbocycles. The zero-order valence-electron chi connectivity index (χ0n) is 23.3. The van der Waals surface area contributed by atoms with E-state index < -0.39 is 23.6 Å². The first-order valence-corrected chi connectivity index (χ1v) is 15.0. The number of carbonyl (C=O) groups excluding carboxylic acids is 1. The Morgan fingerprint density at radius 3 is 2.73 bits per heavy atom. The van der Waals surface area contributed by atoms with Gasteiger partial charge in [0.2, 0.25) is 0 Å². The van der Waals surface area contributed by atoms with E-state index in [2.05, 4.69) is 22.0 Å². The molecular formula is C28H39F4N5O2S. The van der Waals surface area contributed by atoms with Crippen LogP contribution in [0.25, 0.3) is 0 Å². The van der Waals surface area contributed by atoms with Gasteiger partial charge in [0.15, 0.2) is 0 Å². The Morgan fingerprint density at radius 1 is 1.30 bits per heavy atom. The van der Waals surface area contributed by atoms with Crippen molar-refractivity contribution >= 4 is 28.5 Å². The Balaban J connectivity index is 1.29. The number of aliphatic hydroxyl groups is 1. The van der Waals surface area contributed by atoms with Crippen molar-refractivity contribution in [1.29, 1.82) is 0 Å². The number of anilines is 1. The van der Waals surface area contributed by atoms with Crippen LogP contribution >= 0.6 is 11.8 Å². The number of rotatable bonds is 9. The number of hydrogen-bond donors (Lipinski definition) is 2. The summed E-state index contributed by atoms with van der Waals surface area (Å²) >= 11 is 1.87. The molecule has 2 aliphatic heterocycles. The Hall–Kier alpha value is -1.89. The van der Waals surface area contributed by atoms with Gasteiger partial charge in [0.1, 0.15) is 5.82 Å². The molecule has 2 unspecified atom stereocenters. The first-order chi connectivity index (χ1) is 18.9. The van der Waals surface area contributed by atoms with Gasteiger partial charge in [-0.15, -0.1) is 11.8 Å². The van der Waals surface area contributed by atoms with Crippen molar-refractivity contribution in [2.24, 2.45) is 16.3 Å². The van der Waals surface area contributed by atoms with Crippen molar-refractivity contribution in [3.63, 3.8) is 0 Å². The third kappa shape index (κ3) is 6.15. The molecule has 5 rings (SSSR count). The highest BCUT2D eigenvalue weighted by Crippen LogP contribution is 2.70. The first-order valence-electron chi connectivity index (χ1n) is 14.1. The molecule has 1 aromatic rings. The smallest absolute Gasteiger partial charge is 0.392 e. The number of aliphatic imine (C=N–C) groups is 1.